The molecule has 0 amide bonds. The van der Waals surface area contributed by atoms with Gasteiger partial charge >= 0.3 is 0 Å². The molecule has 2 rings (SSSR count). The number of benzene rings is 1. The van der Waals surface area contributed by atoms with Gasteiger partial charge in [-0.25, -0.2) is 4.39 Å². The summed E-state index contributed by atoms with van der Waals surface area (Å²) >= 11 is 0. The fourth-order valence-corrected chi connectivity index (χ4v) is 3.32. The van der Waals surface area contributed by atoms with Gasteiger partial charge in [-0.1, -0.05) is 18.2 Å². The number of aliphatic imine (C=N–C) groups is 1. The second-order valence-electron chi connectivity index (χ2n) is 7.67. The van der Waals surface area contributed by atoms with E-state index in [9.17, 15) is 4.39 Å². The fourth-order valence-electron chi connectivity index (χ4n) is 3.32. The van der Waals surface area contributed by atoms with E-state index >= 15 is 0 Å². The Morgan fingerprint density at radius 1 is 1.23 bits per heavy atom. The summed E-state index contributed by atoms with van der Waals surface area (Å²) in [6.45, 7) is 12.0. The van der Waals surface area contributed by atoms with Crippen LogP contribution in [-0.2, 0) is 11.2 Å². The highest BCUT2D eigenvalue weighted by molar-refractivity contribution is 5.79. The summed E-state index contributed by atoms with van der Waals surface area (Å²) < 4.78 is 19.5. The molecule has 26 heavy (non-hydrogen) atoms. The molecule has 1 aromatic carbocycles. The summed E-state index contributed by atoms with van der Waals surface area (Å²) in [5.74, 6) is 0.581. The van der Waals surface area contributed by atoms with Crippen LogP contribution in [0.1, 0.15) is 33.3 Å². The van der Waals surface area contributed by atoms with Crippen molar-refractivity contribution in [3.05, 3.63) is 35.6 Å². The quantitative estimate of drug-likeness (QED) is 0.601. The van der Waals surface area contributed by atoms with E-state index in [-0.39, 0.29) is 23.6 Å². The largest absolute Gasteiger partial charge is 0.373 e. The molecule has 0 bridgehead atoms. The third-order valence-electron chi connectivity index (χ3n) is 4.83. The van der Waals surface area contributed by atoms with Gasteiger partial charge in [-0.15, -0.1) is 0 Å². The minimum Gasteiger partial charge on any atom is -0.373 e. The first kappa shape index (κ1) is 20.6. The highest BCUT2D eigenvalue weighted by atomic mass is 19.1. The predicted molar refractivity (Wildman–Crippen MR) is 105 cm³/mol. The number of nitrogens with one attached hydrogen (secondary N) is 2. The van der Waals surface area contributed by atoms with Crippen LogP contribution in [0, 0.1) is 5.82 Å². The van der Waals surface area contributed by atoms with Crippen molar-refractivity contribution in [2.45, 2.75) is 51.9 Å². The topological polar surface area (TPSA) is 48.9 Å². The van der Waals surface area contributed by atoms with Crippen LogP contribution in [0.4, 0.5) is 4.39 Å². The van der Waals surface area contributed by atoms with E-state index in [0.29, 0.717) is 18.5 Å². The van der Waals surface area contributed by atoms with Crippen LogP contribution in [0.5, 0.6) is 0 Å². The lowest BCUT2D eigenvalue weighted by atomic mass is 10.00. The number of rotatable bonds is 6. The molecule has 1 heterocycles. The van der Waals surface area contributed by atoms with E-state index in [2.05, 4.69) is 48.2 Å². The Hall–Kier alpha value is -1.66. The average molecular weight is 365 g/mol. The standard InChI is InChI=1S/C20H33FN4O/c1-15-12-25(13-16(2)26-15)20(3,4)14-24-19(22-5)23-11-10-17-8-6-7-9-18(17)21/h6-9,15-16H,10-14H2,1-5H3,(H2,22,23,24). The van der Waals surface area contributed by atoms with E-state index in [0.717, 1.165) is 25.6 Å². The highest BCUT2D eigenvalue weighted by Gasteiger charge is 2.33. The molecule has 5 nitrogen and oxygen atoms in total. The van der Waals surface area contributed by atoms with E-state index in [1.165, 1.54) is 6.07 Å². The van der Waals surface area contributed by atoms with Gasteiger partial charge in [0.05, 0.1) is 12.2 Å². The summed E-state index contributed by atoms with van der Waals surface area (Å²) in [7, 11) is 1.75. The lowest BCUT2D eigenvalue weighted by Crippen LogP contribution is -2.59. The van der Waals surface area contributed by atoms with Gasteiger partial charge in [0.2, 0.25) is 0 Å². The van der Waals surface area contributed by atoms with Gasteiger partial charge in [0.1, 0.15) is 5.82 Å². The number of hydrogen-bond acceptors (Lipinski definition) is 3. The van der Waals surface area contributed by atoms with E-state index < -0.39 is 0 Å². The van der Waals surface area contributed by atoms with Gasteiger partial charge in [-0.3, -0.25) is 9.89 Å². The summed E-state index contributed by atoms with van der Waals surface area (Å²) in [5, 5.41) is 6.67. The van der Waals surface area contributed by atoms with Crippen molar-refractivity contribution in [1.29, 1.82) is 0 Å². The van der Waals surface area contributed by atoms with Crippen LogP contribution in [-0.4, -0.2) is 61.8 Å². The van der Waals surface area contributed by atoms with Crippen molar-refractivity contribution in [2.24, 2.45) is 4.99 Å². The Balaban J connectivity index is 1.81. The number of guanidine groups is 1. The van der Waals surface area contributed by atoms with Crippen molar-refractivity contribution >= 4 is 5.96 Å². The van der Waals surface area contributed by atoms with Crippen molar-refractivity contribution in [2.75, 3.05) is 33.2 Å². The third-order valence-corrected chi connectivity index (χ3v) is 4.83. The Bertz CT molecular complexity index is 595. The molecule has 1 saturated heterocycles. The van der Waals surface area contributed by atoms with Gasteiger partial charge in [0, 0.05) is 38.8 Å². The van der Waals surface area contributed by atoms with Crippen LogP contribution in [0.3, 0.4) is 0 Å². The smallest absolute Gasteiger partial charge is 0.191 e. The summed E-state index contributed by atoms with van der Waals surface area (Å²) in [6, 6.07) is 6.88. The molecule has 146 valence electrons. The first-order valence-corrected chi connectivity index (χ1v) is 9.40. The summed E-state index contributed by atoms with van der Waals surface area (Å²) in [4.78, 5) is 6.74. The second kappa shape index (κ2) is 9.33. The zero-order valence-electron chi connectivity index (χ0n) is 16.7. The molecule has 0 aromatic heterocycles. The molecule has 1 aliphatic heterocycles. The average Bonchev–Trinajstić information content (AvgIpc) is 2.58. The second-order valence-corrected chi connectivity index (χ2v) is 7.67. The molecule has 1 aliphatic rings. The Morgan fingerprint density at radius 2 is 1.88 bits per heavy atom. The Labute approximate surface area is 157 Å². The maximum atomic E-state index is 13.7. The van der Waals surface area contributed by atoms with Gasteiger partial charge in [-0.2, -0.15) is 0 Å². The van der Waals surface area contributed by atoms with Gasteiger partial charge in [0.15, 0.2) is 5.96 Å². The van der Waals surface area contributed by atoms with Crippen LogP contribution in [0.25, 0.3) is 0 Å². The SMILES string of the molecule is CN=C(NCCc1ccccc1F)NCC(C)(C)N1CC(C)OC(C)C1. The molecule has 1 aromatic rings. The zero-order chi connectivity index (χ0) is 19.2. The van der Waals surface area contributed by atoms with Crippen molar-refractivity contribution in [3.8, 4) is 0 Å². The van der Waals surface area contributed by atoms with E-state index in [1.54, 1.807) is 13.1 Å². The van der Waals surface area contributed by atoms with Crippen molar-refractivity contribution in [3.63, 3.8) is 0 Å². The predicted octanol–water partition coefficient (Wildman–Crippen LogP) is 2.42. The van der Waals surface area contributed by atoms with Crippen molar-refractivity contribution in [1.82, 2.24) is 15.5 Å². The van der Waals surface area contributed by atoms with Crippen molar-refractivity contribution < 1.29 is 9.13 Å². The lowest BCUT2D eigenvalue weighted by Gasteiger charge is -2.45. The molecule has 0 saturated carbocycles. The molecule has 6 heteroatoms. The number of halogens is 1. The van der Waals surface area contributed by atoms with Gasteiger partial charge in [-0.05, 0) is 45.7 Å². The molecule has 0 spiro atoms. The minimum absolute atomic E-state index is 0.0184. The lowest BCUT2D eigenvalue weighted by molar-refractivity contribution is -0.0946. The number of hydrogen-bond donors (Lipinski definition) is 2. The molecule has 2 N–H and O–H groups in total. The first-order chi connectivity index (χ1) is 12.3. The van der Waals surface area contributed by atoms with Crippen LogP contribution in [0.15, 0.2) is 29.3 Å². The Kier molecular flexibility index (Phi) is 7.41. The molecule has 0 aliphatic carbocycles. The van der Waals surface area contributed by atoms with Crippen LogP contribution < -0.4 is 10.6 Å². The van der Waals surface area contributed by atoms with Gasteiger partial charge < -0.3 is 15.4 Å². The van der Waals surface area contributed by atoms with E-state index in [1.807, 2.05) is 12.1 Å². The minimum atomic E-state index is -0.158. The molecule has 1 fully saturated rings. The maximum Gasteiger partial charge on any atom is 0.191 e. The number of morpholine rings is 1. The highest BCUT2D eigenvalue weighted by Crippen LogP contribution is 2.20. The molecular weight excluding hydrogens is 331 g/mol. The fraction of sp³-hybridized carbons (Fsp3) is 0.650. The first-order valence-electron chi connectivity index (χ1n) is 9.40. The molecule has 2 atom stereocenters. The molecule has 2 unspecified atom stereocenters. The zero-order valence-corrected chi connectivity index (χ0v) is 16.7. The molecule has 0 radical (unpaired) electrons. The van der Waals surface area contributed by atoms with Crippen LogP contribution in [0.2, 0.25) is 0 Å². The van der Waals surface area contributed by atoms with E-state index in [4.69, 9.17) is 4.74 Å². The molecular formula is C20H33FN4O. The number of nitrogens with zero attached hydrogens (tertiary/aromatic N) is 2. The third kappa shape index (κ3) is 5.95. The monoisotopic (exact) mass is 364 g/mol. The van der Waals surface area contributed by atoms with Gasteiger partial charge in [0.25, 0.3) is 0 Å². The summed E-state index contributed by atoms with van der Waals surface area (Å²) in [6.07, 6.45) is 1.11. The normalized spacial score (nSPS) is 22.3. The Morgan fingerprint density at radius 3 is 2.50 bits per heavy atom. The number of ether oxygens (including phenoxy) is 1. The maximum absolute atomic E-state index is 13.7. The summed E-state index contributed by atoms with van der Waals surface area (Å²) in [5.41, 5.74) is 0.696. The van der Waals surface area contributed by atoms with Crippen LogP contribution >= 0.6 is 0 Å².